The number of carbonyl (C=O) groups is 1. The Hall–Kier alpha value is -3.40. The highest BCUT2D eigenvalue weighted by molar-refractivity contribution is 6.32. The van der Waals surface area contributed by atoms with Gasteiger partial charge in [-0.15, -0.1) is 0 Å². The van der Waals surface area contributed by atoms with E-state index >= 15 is 0 Å². The molecule has 0 fully saturated rings. The first kappa shape index (κ1) is 20.3. The highest BCUT2D eigenvalue weighted by Gasteiger charge is 2.17. The fourth-order valence-electron chi connectivity index (χ4n) is 2.63. The molecule has 0 N–H and O–H groups in total. The van der Waals surface area contributed by atoms with Gasteiger partial charge in [0.15, 0.2) is 12.4 Å². The van der Waals surface area contributed by atoms with Crippen LogP contribution < -0.4 is 4.74 Å². The number of nitrogens with zero attached hydrogens (tertiary/aromatic N) is 6. The molecule has 3 aromatic rings. The summed E-state index contributed by atoms with van der Waals surface area (Å²) in [4.78, 5) is 24.4. The van der Waals surface area contributed by atoms with Gasteiger partial charge < -0.3 is 9.64 Å². The molecule has 152 valence electrons. The van der Waals surface area contributed by atoms with Gasteiger partial charge >= 0.3 is 0 Å². The topological polar surface area (TPSA) is 108 Å². The van der Waals surface area contributed by atoms with Gasteiger partial charge in [0.2, 0.25) is 0 Å². The maximum atomic E-state index is 12.6. The Morgan fingerprint density at radius 3 is 2.76 bits per heavy atom. The molecule has 1 amide bonds. The van der Waals surface area contributed by atoms with Crippen LogP contribution in [-0.4, -0.2) is 42.3 Å². The first-order chi connectivity index (χ1) is 13.8. The number of nitro groups is 1. The minimum Gasteiger partial charge on any atom is -0.470 e. The minimum absolute atomic E-state index is 0.00373. The van der Waals surface area contributed by atoms with Crippen LogP contribution in [0.3, 0.4) is 0 Å². The summed E-state index contributed by atoms with van der Waals surface area (Å²) in [5.74, 6) is 0.0465. The van der Waals surface area contributed by atoms with Crippen molar-refractivity contribution in [3.8, 4) is 5.75 Å². The Morgan fingerprint density at radius 2 is 2.14 bits per heavy atom. The van der Waals surface area contributed by atoms with Crippen LogP contribution >= 0.6 is 11.6 Å². The number of ether oxygens (including phenoxy) is 1. The normalized spacial score (nSPS) is 10.8. The van der Waals surface area contributed by atoms with Crippen LogP contribution in [0.2, 0.25) is 5.02 Å². The van der Waals surface area contributed by atoms with E-state index in [9.17, 15) is 14.9 Å². The van der Waals surface area contributed by atoms with Crippen molar-refractivity contribution in [2.24, 2.45) is 7.05 Å². The largest absolute Gasteiger partial charge is 0.470 e. The fraction of sp³-hybridized carbons (Fsp3) is 0.278. The van der Waals surface area contributed by atoms with E-state index in [1.165, 1.54) is 22.9 Å². The van der Waals surface area contributed by atoms with Gasteiger partial charge in [0.05, 0.1) is 16.1 Å². The van der Waals surface area contributed by atoms with E-state index < -0.39 is 4.92 Å². The molecule has 0 aliphatic carbocycles. The van der Waals surface area contributed by atoms with Crippen molar-refractivity contribution in [3.05, 3.63) is 68.7 Å². The van der Waals surface area contributed by atoms with Gasteiger partial charge in [-0.3, -0.25) is 19.6 Å². The average molecular weight is 419 g/mol. The summed E-state index contributed by atoms with van der Waals surface area (Å²) in [7, 11) is 3.54. The third-order valence-corrected chi connectivity index (χ3v) is 4.72. The van der Waals surface area contributed by atoms with Crippen molar-refractivity contribution < 1.29 is 14.5 Å². The lowest BCUT2D eigenvalue weighted by Crippen LogP contribution is -2.27. The van der Waals surface area contributed by atoms with Crippen LogP contribution in [0, 0.1) is 17.0 Å². The molecule has 29 heavy (non-hydrogen) atoms. The van der Waals surface area contributed by atoms with Crippen LogP contribution in [0.25, 0.3) is 0 Å². The summed E-state index contributed by atoms with van der Waals surface area (Å²) < 4.78 is 8.73. The SMILES string of the molecule is Cc1c(CN(C)C(=O)c2ccn(COc3ccc([N+](=O)[O-])cc3Cl)n2)cnn1C. The predicted molar refractivity (Wildman–Crippen MR) is 105 cm³/mol. The number of benzene rings is 1. The third kappa shape index (κ3) is 4.54. The Balaban J connectivity index is 1.62. The molecule has 3 rings (SSSR count). The lowest BCUT2D eigenvalue weighted by molar-refractivity contribution is -0.384. The smallest absolute Gasteiger partial charge is 0.274 e. The van der Waals surface area contributed by atoms with Gasteiger partial charge in [0, 0.05) is 50.2 Å². The van der Waals surface area contributed by atoms with Gasteiger partial charge in [-0.1, -0.05) is 11.6 Å². The average Bonchev–Trinajstić information content (AvgIpc) is 3.28. The Bertz CT molecular complexity index is 1060. The van der Waals surface area contributed by atoms with Crippen molar-refractivity contribution in [2.45, 2.75) is 20.2 Å². The lowest BCUT2D eigenvalue weighted by atomic mass is 10.2. The summed E-state index contributed by atoms with van der Waals surface area (Å²) in [6.07, 6.45) is 3.34. The molecular formula is C18H19ClN6O4. The van der Waals surface area contributed by atoms with Crippen LogP contribution in [0.15, 0.2) is 36.7 Å². The molecule has 11 heteroatoms. The maximum Gasteiger partial charge on any atom is 0.274 e. The number of nitro benzene ring substituents is 1. The van der Waals surface area contributed by atoms with Crippen LogP contribution in [0.5, 0.6) is 5.75 Å². The lowest BCUT2D eigenvalue weighted by Gasteiger charge is -2.15. The van der Waals surface area contributed by atoms with Gasteiger partial charge in [-0.25, -0.2) is 4.68 Å². The Labute approximate surface area is 171 Å². The highest BCUT2D eigenvalue weighted by atomic mass is 35.5. The molecule has 0 bridgehead atoms. The second kappa shape index (κ2) is 8.31. The third-order valence-electron chi connectivity index (χ3n) is 4.43. The molecule has 0 spiro atoms. The van der Waals surface area contributed by atoms with Crippen LogP contribution in [0.1, 0.15) is 21.7 Å². The molecule has 0 unspecified atom stereocenters. The standard InChI is InChI=1S/C18H19ClN6O4/c1-12-13(9-20-23(12)3)10-22(2)18(26)16-6-7-24(21-16)11-29-17-5-4-14(25(27)28)8-15(17)19/h4-9H,10-11H2,1-3H3. The first-order valence-electron chi connectivity index (χ1n) is 8.59. The molecular weight excluding hydrogens is 400 g/mol. The second-order valence-electron chi connectivity index (χ2n) is 6.43. The van der Waals surface area contributed by atoms with Crippen molar-refractivity contribution >= 4 is 23.2 Å². The number of rotatable bonds is 7. The van der Waals surface area contributed by atoms with Crippen LogP contribution in [0.4, 0.5) is 5.69 Å². The quantitative estimate of drug-likeness (QED) is 0.431. The monoisotopic (exact) mass is 418 g/mol. The zero-order valence-corrected chi connectivity index (χ0v) is 16.8. The molecule has 0 saturated heterocycles. The molecule has 0 radical (unpaired) electrons. The van der Waals surface area contributed by atoms with Gasteiger partial charge in [0.25, 0.3) is 11.6 Å². The first-order valence-corrected chi connectivity index (χ1v) is 8.97. The number of aromatic nitrogens is 4. The van der Waals surface area contributed by atoms with E-state index in [1.807, 2.05) is 14.0 Å². The summed E-state index contributed by atoms with van der Waals surface area (Å²) in [5, 5.41) is 19.3. The van der Waals surface area contributed by atoms with Crippen molar-refractivity contribution in [1.82, 2.24) is 24.5 Å². The van der Waals surface area contributed by atoms with Crippen molar-refractivity contribution in [3.63, 3.8) is 0 Å². The van der Waals surface area contributed by atoms with Gasteiger partial charge in [-0.05, 0) is 19.1 Å². The summed E-state index contributed by atoms with van der Waals surface area (Å²) >= 11 is 6.00. The maximum absolute atomic E-state index is 12.6. The molecule has 2 heterocycles. The number of halogens is 1. The Kier molecular flexibility index (Phi) is 5.83. The zero-order chi connectivity index (χ0) is 21.1. The number of hydrogen-bond donors (Lipinski definition) is 0. The summed E-state index contributed by atoms with van der Waals surface area (Å²) in [5.41, 5.74) is 2.09. The van der Waals surface area contributed by atoms with E-state index in [0.29, 0.717) is 6.54 Å². The predicted octanol–water partition coefficient (Wildman–Crippen LogP) is 2.80. The fourth-order valence-corrected chi connectivity index (χ4v) is 2.86. The van der Waals surface area contributed by atoms with E-state index in [2.05, 4.69) is 10.2 Å². The van der Waals surface area contributed by atoms with Gasteiger partial charge in [0.1, 0.15) is 5.75 Å². The van der Waals surface area contributed by atoms with Crippen molar-refractivity contribution in [1.29, 1.82) is 0 Å². The number of carbonyl (C=O) groups excluding carboxylic acids is 1. The molecule has 0 aliphatic heterocycles. The number of hydrogen-bond acceptors (Lipinski definition) is 6. The van der Waals surface area contributed by atoms with E-state index in [0.717, 1.165) is 11.3 Å². The summed E-state index contributed by atoms with van der Waals surface area (Å²) in [6.45, 7) is 2.35. The van der Waals surface area contributed by atoms with Crippen molar-refractivity contribution in [2.75, 3.05) is 7.05 Å². The number of amides is 1. The summed E-state index contributed by atoms with van der Waals surface area (Å²) in [6, 6.07) is 5.52. The molecule has 1 aromatic carbocycles. The zero-order valence-electron chi connectivity index (χ0n) is 16.1. The highest BCUT2D eigenvalue weighted by Crippen LogP contribution is 2.28. The Morgan fingerprint density at radius 1 is 1.38 bits per heavy atom. The van der Waals surface area contributed by atoms with Crippen LogP contribution in [-0.2, 0) is 20.3 Å². The van der Waals surface area contributed by atoms with E-state index in [4.69, 9.17) is 16.3 Å². The molecule has 0 atom stereocenters. The van der Waals surface area contributed by atoms with E-state index in [1.54, 1.807) is 35.1 Å². The van der Waals surface area contributed by atoms with E-state index in [-0.39, 0.29) is 34.8 Å². The molecule has 2 aromatic heterocycles. The molecule has 10 nitrogen and oxygen atoms in total. The van der Waals surface area contributed by atoms with Gasteiger partial charge in [-0.2, -0.15) is 10.2 Å². The molecule has 0 saturated carbocycles. The molecule has 0 aliphatic rings. The number of aryl methyl sites for hydroxylation is 1. The second-order valence-corrected chi connectivity index (χ2v) is 6.83. The minimum atomic E-state index is -0.537. The number of non-ortho nitro benzene ring substituents is 1.